The molecule has 18 heavy (non-hydrogen) atoms. The van der Waals surface area contributed by atoms with Crippen LogP contribution < -0.4 is 0 Å². The molecular formula is C15H25NO2. The highest BCUT2D eigenvalue weighted by atomic mass is 16.3. The fraction of sp³-hybridized carbons (Fsp3) is 0.600. The minimum atomic E-state index is -0.748. The predicted molar refractivity (Wildman–Crippen MR) is 74.3 cm³/mol. The molecule has 0 radical (unpaired) electrons. The Kier molecular flexibility index (Phi) is 5.79. The number of benzene rings is 1. The summed E-state index contributed by atoms with van der Waals surface area (Å²) < 4.78 is 0. The van der Waals surface area contributed by atoms with E-state index < -0.39 is 5.60 Å². The first-order valence-corrected chi connectivity index (χ1v) is 6.57. The fourth-order valence-corrected chi connectivity index (χ4v) is 2.00. The first kappa shape index (κ1) is 15.2. The van der Waals surface area contributed by atoms with E-state index in [1.807, 2.05) is 25.1 Å². The molecule has 1 rings (SSSR count). The predicted octanol–water partition coefficient (Wildman–Crippen LogP) is 2.03. The third-order valence-corrected chi connectivity index (χ3v) is 2.80. The van der Waals surface area contributed by atoms with Gasteiger partial charge in [0.05, 0.1) is 11.7 Å². The Bertz CT molecular complexity index is 332. The number of hydrogen-bond acceptors (Lipinski definition) is 3. The molecule has 0 saturated carbocycles. The van der Waals surface area contributed by atoms with Crippen molar-refractivity contribution in [2.45, 2.75) is 45.4 Å². The molecule has 0 heterocycles. The van der Waals surface area contributed by atoms with E-state index >= 15 is 0 Å². The normalized spacial score (nSPS) is 13.9. The second-order valence-electron chi connectivity index (χ2n) is 5.53. The molecular weight excluding hydrogens is 226 g/mol. The molecule has 102 valence electrons. The molecule has 0 spiro atoms. The summed E-state index contributed by atoms with van der Waals surface area (Å²) in [6.07, 6.45) is 0.396. The highest BCUT2D eigenvalue weighted by molar-refractivity contribution is 5.14. The molecule has 0 bridgehead atoms. The second-order valence-corrected chi connectivity index (χ2v) is 5.53. The average Bonchev–Trinajstić information content (AvgIpc) is 2.27. The maximum atomic E-state index is 9.93. The summed E-state index contributed by atoms with van der Waals surface area (Å²) in [5, 5.41) is 19.7. The van der Waals surface area contributed by atoms with Gasteiger partial charge in [-0.05, 0) is 25.8 Å². The van der Waals surface area contributed by atoms with Crippen LogP contribution in [0.3, 0.4) is 0 Å². The van der Waals surface area contributed by atoms with E-state index in [2.05, 4.69) is 17.0 Å². The Morgan fingerprint density at radius 3 is 2.33 bits per heavy atom. The van der Waals surface area contributed by atoms with E-state index in [1.165, 1.54) is 5.56 Å². The molecule has 1 aromatic rings. The lowest BCUT2D eigenvalue weighted by Gasteiger charge is -2.30. The zero-order valence-electron chi connectivity index (χ0n) is 11.6. The molecule has 0 saturated heterocycles. The third kappa shape index (κ3) is 6.15. The van der Waals surface area contributed by atoms with Crippen molar-refractivity contribution < 1.29 is 10.2 Å². The fourth-order valence-electron chi connectivity index (χ4n) is 2.00. The zero-order chi connectivity index (χ0) is 13.6. The van der Waals surface area contributed by atoms with E-state index in [0.29, 0.717) is 13.1 Å². The van der Waals surface area contributed by atoms with Gasteiger partial charge in [-0.2, -0.15) is 0 Å². The van der Waals surface area contributed by atoms with E-state index in [1.54, 1.807) is 13.8 Å². The van der Waals surface area contributed by atoms with Crippen molar-refractivity contribution in [3.8, 4) is 0 Å². The molecule has 3 heteroatoms. The lowest BCUT2D eigenvalue weighted by Crippen LogP contribution is -2.41. The van der Waals surface area contributed by atoms with Crippen molar-refractivity contribution in [2.24, 2.45) is 0 Å². The summed E-state index contributed by atoms with van der Waals surface area (Å²) in [7, 11) is 0. The minimum Gasteiger partial charge on any atom is -0.392 e. The highest BCUT2D eigenvalue weighted by Gasteiger charge is 2.20. The van der Waals surface area contributed by atoms with Crippen molar-refractivity contribution in [1.82, 2.24) is 4.90 Å². The molecule has 2 N–H and O–H groups in total. The van der Waals surface area contributed by atoms with E-state index in [0.717, 1.165) is 13.0 Å². The lowest BCUT2D eigenvalue weighted by molar-refractivity contribution is 0.0149. The third-order valence-electron chi connectivity index (χ3n) is 2.80. The van der Waals surface area contributed by atoms with Crippen LogP contribution in [0.25, 0.3) is 0 Å². The summed E-state index contributed by atoms with van der Waals surface area (Å²) in [6, 6.07) is 10.1. The molecule has 0 aliphatic heterocycles. The van der Waals surface area contributed by atoms with Crippen LogP contribution in [0.15, 0.2) is 30.3 Å². The molecule has 0 aromatic heterocycles. The van der Waals surface area contributed by atoms with Gasteiger partial charge < -0.3 is 10.2 Å². The van der Waals surface area contributed by atoms with Crippen LogP contribution in [0.4, 0.5) is 0 Å². The van der Waals surface area contributed by atoms with Crippen molar-refractivity contribution in [3.63, 3.8) is 0 Å². The van der Waals surface area contributed by atoms with Crippen LogP contribution >= 0.6 is 0 Å². The quantitative estimate of drug-likeness (QED) is 0.779. The summed E-state index contributed by atoms with van der Waals surface area (Å²) in [6.45, 7) is 7.46. The molecule has 0 aliphatic rings. The standard InChI is InChI=1S/C15H25NO2/c1-4-14(17)11-16(12-15(2,3)18)10-13-8-6-5-7-9-13/h5-9,14,17-18H,4,10-12H2,1-3H3/t14-/m1/s1. The van der Waals surface area contributed by atoms with E-state index in [4.69, 9.17) is 0 Å². The van der Waals surface area contributed by atoms with Crippen LogP contribution in [0, 0.1) is 0 Å². The summed E-state index contributed by atoms with van der Waals surface area (Å²) in [4.78, 5) is 2.10. The highest BCUT2D eigenvalue weighted by Crippen LogP contribution is 2.11. The molecule has 0 amide bonds. The Labute approximate surface area is 110 Å². The SMILES string of the molecule is CC[C@@H](O)CN(Cc1ccccc1)CC(C)(C)O. The molecule has 0 aliphatic carbocycles. The maximum Gasteiger partial charge on any atom is 0.0718 e. The summed E-state index contributed by atoms with van der Waals surface area (Å²) in [5.74, 6) is 0. The van der Waals surface area contributed by atoms with Gasteiger partial charge in [0.25, 0.3) is 0 Å². The van der Waals surface area contributed by atoms with Gasteiger partial charge in [0.1, 0.15) is 0 Å². The van der Waals surface area contributed by atoms with Gasteiger partial charge in [0, 0.05) is 19.6 Å². The Morgan fingerprint density at radius 1 is 1.22 bits per heavy atom. The Balaban J connectivity index is 2.65. The van der Waals surface area contributed by atoms with Gasteiger partial charge in [-0.3, -0.25) is 4.90 Å². The van der Waals surface area contributed by atoms with Crippen LogP contribution in [-0.2, 0) is 6.54 Å². The van der Waals surface area contributed by atoms with Gasteiger partial charge in [-0.15, -0.1) is 0 Å². The van der Waals surface area contributed by atoms with Gasteiger partial charge in [-0.25, -0.2) is 0 Å². The summed E-state index contributed by atoms with van der Waals surface area (Å²) in [5.41, 5.74) is 0.451. The molecule has 3 nitrogen and oxygen atoms in total. The zero-order valence-corrected chi connectivity index (χ0v) is 11.6. The molecule has 0 fully saturated rings. The van der Waals surface area contributed by atoms with Crippen LogP contribution in [0.5, 0.6) is 0 Å². The van der Waals surface area contributed by atoms with Crippen LogP contribution in [0.2, 0.25) is 0 Å². The van der Waals surface area contributed by atoms with Gasteiger partial charge >= 0.3 is 0 Å². The van der Waals surface area contributed by atoms with E-state index in [9.17, 15) is 10.2 Å². The van der Waals surface area contributed by atoms with Gasteiger partial charge in [0.15, 0.2) is 0 Å². The number of hydrogen-bond donors (Lipinski definition) is 2. The monoisotopic (exact) mass is 251 g/mol. The van der Waals surface area contributed by atoms with Crippen molar-refractivity contribution in [3.05, 3.63) is 35.9 Å². The largest absolute Gasteiger partial charge is 0.392 e. The number of rotatable bonds is 7. The molecule has 1 atom stereocenters. The average molecular weight is 251 g/mol. The number of aliphatic hydroxyl groups excluding tert-OH is 1. The van der Waals surface area contributed by atoms with Crippen LogP contribution in [-0.4, -0.2) is 39.9 Å². The van der Waals surface area contributed by atoms with Crippen LogP contribution in [0.1, 0.15) is 32.8 Å². The minimum absolute atomic E-state index is 0.337. The molecule has 1 aromatic carbocycles. The Hall–Kier alpha value is -0.900. The first-order valence-electron chi connectivity index (χ1n) is 6.57. The Morgan fingerprint density at radius 2 is 1.83 bits per heavy atom. The van der Waals surface area contributed by atoms with Crippen molar-refractivity contribution in [2.75, 3.05) is 13.1 Å². The first-order chi connectivity index (χ1) is 8.40. The topological polar surface area (TPSA) is 43.7 Å². The molecule has 0 unspecified atom stereocenters. The maximum absolute atomic E-state index is 9.93. The summed E-state index contributed by atoms with van der Waals surface area (Å²) >= 11 is 0. The smallest absolute Gasteiger partial charge is 0.0718 e. The van der Waals surface area contributed by atoms with Crippen molar-refractivity contribution >= 4 is 0 Å². The van der Waals surface area contributed by atoms with Gasteiger partial charge in [-0.1, -0.05) is 37.3 Å². The number of aliphatic hydroxyl groups is 2. The number of nitrogens with zero attached hydrogens (tertiary/aromatic N) is 1. The van der Waals surface area contributed by atoms with Crippen molar-refractivity contribution in [1.29, 1.82) is 0 Å². The van der Waals surface area contributed by atoms with E-state index in [-0.39, 0.29) is 6.10 Å². The lowest BCUT2D eigenvalue weighted by atomic mass is 10.1. The van der Waals surface area contributed by atoms with Gasteiger partial charge in [0.2, 0.25) is 0 Å². The second kappa shape index (κ2) is 6.88.